The van der Waals surface area contributed by atoms with Gasteiger partial charge in [-0.2, -0.15) is 0 Å². The first-order valence-corrected chi connectivity index (χ1v) is 14.8. The molecule has 2 aliphatic heterocycles. The van der Waals surface area contributed by atoms with Crippen LogP contribution in [0.5, 0.6) is 11.5 Å². The van der Waals surface area contributed by atoms with Crippen LogP contribution in [0.3, 0.4) is 0 Å². The monoisotopic (exact) mass is 534 g/mol. The van der Waals surface area contributed by atoms with E-state index >= 15 is 0 Å². The summed E-state index contributed by atoms with van der Waals surface area (Å²) in [5.74, 6) is 1.36. The van der Waals surface area contributed by atoms with Crippen molar-refractivity contribution in [3.05, 3.63) is 101 Å². The number of likely N-dealkylation sites (N-methyl/N-ethyl adjacent to an activating group) is 1. The molecule has 40 heavy (non-hydrogen) atoms. The van der Waals surface area contributed by atoms with E-state index in [4.69, 9.17) is 4.74 Å². The predicted octanol–water partition coefficient (Wildman–Crippen LogP) is 5.52. The Labute approximate surface area is 237 Å². The molecule has 2 fully saturated rings. The Kier molecular flexibility index (Phi) is 6.23. The Morgan fingerprint density at radius 3 is 2.80 bits per heavy atom. The van der Waals surface area contributed by atoms with Crippen molar-refractivity contribution in [3.8, 4) is 11.5 Å². The topological polar surface area (TPSA) is 53.0 Å². The first-order chi connectivity index (χ1) is 19.5. The Balaban J connectivity index is 1.18. The molecule has 2 heterocycles. The molecule has 3 aromatic carbocycles. The molecule has 5 nitrogen and oxygen atoms in total. The third kappa shape index (κ3) is 3.97. The molecule has 0 radical (unpaired) electrons. The van der Waals surface area contributed by atoms with Crippen molar-refractivity contribution in [2.45, 2.75) is 62.6 Å². The van der Waals surface area contributed by atoms with Gasteiger partial charge in [0.15, 0.2) is 11.5 Å². The number of ether oxygens (including phenoxy) is 1. The standard InChI is InChI=1S/C35H38N2O3/c1-23-7-6-10-25(21-23)11-16-31(39)36(2)28-14-13-27-29-22-26-12-15-30(38)33-32(26)35(27,34(28)40-33)18-20-37(29)19-17-24-8-4-3-5-9-24/h3-12,15-16,21,27-29,34,38H,13-14,17-20,22H2,1-2H3/t27-,28+,29+,34-,35-/m0/s1. The molecule has 1 saturated carbocycles. The number of carbonyl (C=O) groups is 1. The van der Waals surface area contributed by atoms with Crippen LogP contribution in [-0.4, -0.2) is 59.1 Å². The lowest BCUT2D eigenvalue weighted by molar-refractivity contribution is -0.135. The third-order valence-corrected chi connectivity index (χ3v) is 10.2. The number of phenolic OH excluding ortho intramolecular Hbond substituents is 1. The van der Waals surface area contributed by atoms with Crippen LogP contribution < -0.4 is 4.74 Å². The number of aromatic hydroxyl groups is 1. The Morgan fingerprint density at radius 1 is 1.12 bits per heavy atom. The van der Waals surface area contributed by atoms with E-state index in [9.17, 15) is 9.90 Å². The van der Waals surface area contributed by atoms with Gasteiger partial charge in [0.05, 0.1) is 6.04 Å². The van der Waals surface area contributed by atoms with Crippen molar-refractivity contribution in [1.82, 2.24) is 9.80 Å². The van der Waals surface area contributed by atoms with Crippen LogP contribution in [-0.2, 0) is 23.1 Å². The van der Waals surface area contributed by atoms with E-state index < -0.39 is 0 Å². The number of hydrogen-bond acceptors (Lipinski definition) is 4. The average Bonchev–Trinajstić information content (AvgIpc) is 3.32. The van der Waals surface area contributed by atoms with E-state index in [1.165, 1.54) is 22.3 Å². The van der Waals surface area contributed by atoms with E-state index in [-0.39, 0.29) is 29.2 Å². The van der Waals surface area contributed by atoms with Crippen LogP contribution in [0.25, 0.3) is 6.08 Å². The van der Waals surface area contributed by atoms with Crippen molar-refractivity contribution in [1.29, 1.82) is 0 Å². The second kappa shape index (κ2) is 9.81. The summed E-state index contributed by atoms with van der Waals surface area (Å²) in [5.41, 5.74) is 5.98. The highest BCUT2D eigenvalue weighted by Crippen LogP contribution is 2.64. The predicted molar refractivity (Wildman–Crippen MR) is 158 cm³/mol. The van der Waals surface area contributed by atoms with E-state index in [0.717, 1.165) is 50.8 Å². The number of likely N-dealkylation sites (tertiary alicyclic amines) is 1. The molecule has 206 valence electrons. The van der Waals surface area contributed by atoms with Gasteiger partial charge in [0.2, 0.25) is 5.91 Å². The average molecular weight is 535 g/mol. The number of amides is 1. The van der Waals surface area contributed by atoms with Crippen molar-refractivity contribution in [3.63, 3.8) is 0 Å². The molecular formula is C35H38N2O3. The summed E-state index contributed by atoms with van der Waals surface area (Å²) in [7, 11) is 1.92. The molecule has 1 spiro atoms. The van der Waals surface area contributed by atoms with Crippen LogP contribution in [0.4, 0.5) is 0 Å². The van der Waals surface area contributed by atoms with Gasteiger partial charge in [-0.05, 0) is 80.3 Å². The molecule has 0 aromatic heterocycles. The summed E-state index contributed by atoms with van der Waals surface area (Å²) in [6.45, 7) is 4.13. The van der Waals surface area contributed by atoms with Gasteiger partial charge < -0.3 is 14.7 Å². The van der Waals surface area contributed by atoms with Gasteiger partial charge >= 0.3 is 0 Å². The highest BCUT2D eigenvalue weighted by molar-refractivity contribution is 5.92. The zero-order valence-electron chi connectivity index (χ0n) is 23.4. The Morgan fingerprint density at radius 2 is 1.98 bits per heavy atom. The number of benzene rings is 3. The molecule has 2 bridgehead atoms. The first-order valence-electron chi connectivity index (χ1n) is 14.8. The fourth-order valence-electron chi connectivity index (χ4n) is 8.41. The summed E-state index contributed by atoms with van der Waals surface area (Å²) in [5, 5.41) is 10.9. The molecular weight excluding hydrogens is 496 g/mol. The number of rotatable bonds is 6. The fraction of sp³-hybridized carbons (Fsp3) is 0.400. The van der Waals surface area contributed by atoms with E-state index in [0.29, 0.717) is 17.7 Å². The minimum absolute atomic E-state index is 0.00184. The molecule has 1 amide bonds. The number of hydrogen-bond donors (Lipinski definition) is 1. The minimum Gasteiger partial charge on any atom is -0.504 e. The lowest BCUT2D eigenvalue weighted by Gasteiger charge is -2.60. The van der Waals surface area contributed by atoms with Crippen molar-refractivity contribution in [2.24, 2.45) is 5.92 Å². The van der Waals surface area contributed by atoms with Gasteiger partial charge in [0.25, 0.3) is 0 Å². The molecule has 2 aliphatic carbocycles. The summed E-state index contributed by atoms with van der Waals surface area (Å²) in [6, 6.07) is 23.3. The third-order valence-electron chi connectivity index (χ3n) is 10.2. The van der Waals surface area contributed by atoms with Crippen LogP contribution in [0.1, 0.15) is 47.1 Å². The lowest BCUT2D eigenvalue weighted by atomic mass is 9.51. The zero-order valence-corrected chi connectivity index (χ0v) is 23.4. The second-order valence-electron chi connectivity index (χ2n) is 12.3. The van der Waals surface area contributed by atoms with E-state index in [1.54, 1.807) is 12.1 Å². The van der Waals surface area contributed by atoms with E-state index in [1.807, 2.05) is 30.2 Å². The SMILES string of the molecule is Cc1cccc(C=CC(=O)N(C)[C@@H]2CC[C@H]3[C@H]4Cc5ccc(O)c6c5[C@@]3(CCN4CCc3ccccc3)[C@H]2O6)c1. The van der Waals surface area contributed by atoms with Crippen molar-refractivity contribution < 1.29 is 14.6 Å². The van der Waals surface area contributed by atoms with Gasteiger partial charge in [0, 0.05) is 36.7 Å². The molecule has 0 unspecified atom stereocenters. The number of phenols is 1. The smallest absolute Gasteiger partial charge is 0.246 e. The normalized spacial score (nSPS) is 28.2. The fourth-order valence-corrected chi connectivity index (χ4v) is 8.41. The quantitative estimate of drug-likeness (QED) is 0.423. The van der Waals surface area contributed by atoms with Gasteiger partial charge in [-0.25, -0.2) is 0 Å². The van der Waals surface area contributed by atoms with Crippen molar-refractivity contribution >= 4 is 12.0 Å². The first kappa shape index (κ1) is 25.4. The molecule has 4 aliphatic rings. The van der Waals surface area contributed by atoms with Crippen LogP contribution >= 0.6 is 0 Å². The van der Waals surface area contributed by atoms with Crippen LogP contribution in [0.15, 0.2) is 72.8 Å². The second-order valence-corrected chi connectivity index (χ2v) is 12.3. The summed E-state index contributed by atoms with van der Waals surface area (Å²) >= 11 is 0. The molecule has 5 atom stereocenters. The number of carbonyl (C=O) groups excluding carboxylic acids is 1. The molecule has 5 heteroatoms. The Hall–Kier alpha value is -3.57. The van der Waals surface area contributed by atoms with Gasteiger partial charge in [-0.1, -0.05) is 66.2 Å². The Bertz CT molecular complexity index is 1470. The highest BCUT2D eigenvalue weighted by Gasteiger charge is 2.66. The number of piperidine rings is 1. The molecule has 3 aromatic rings. The summed E-state index contributed by atoms with van der Waals surface area (Å²) < 4.78 is 6.75. The van der Waals surface area contributed by atoms with Crippen molar-refractivity contribution in [2.75, 3.05) is 20.1 Å². The largest absolute Gasteiger partial charge is 0.504 e. The zero-order chi connectivity index (χ0) is 27.4. The molecule has 1 N–H and O–H groups in total. The van der Waals surface area contributed by atoms with Gasteiger partial charge in [-0.3, -0.25) is 9.69 Å². The maximum atomic E-state index is 13.5. The number of aryl methyl sites for hydroxylation is 1. The number of nitrogens with zero attached hydrogens (tertiary/aromatic N) is 2. The maximum absolute atomic E-state index is 13.5. The summed E-state index contributed by atoms with van der Waals surface area (Å²) in [6.07, 6.45) is 8.47. The summed E-state index contributed by atoms with van der Waals surface area (Å²) in [4.78, 5) is 18.1. The highest BCUT2D eigenvalue weighted by atomic mass is 16.5. The maximum Gasteiger partial charge on any atom is 0.246 e. The minimum atomic E-state index is -0.159. The van der Waals surface area contributed by atoms with Gasteiger partial charge in [0.1, 0.15) is 6.10 Å². The van der Waals surface area contributed by atoms with Gasteiger partial charge in [-0.15, -0.1) is 0 Å². The molecule has 1 saturated heterocycles. The van der Waals surface area contributed by atoms with Crippen LogP contribution in [0.2, 0.25) is 0 Å². The van der Waals surface area contributed by atoms with Crippen LogP contribution in [0, 0.1) is 12.8 Å². The molecule has 7 rings (SSSR count). The lowest BCUT2D eigenvalue weighted by Crippen LogP contribution is -2.69. The van der Waals surface area contributed by atoms with E-state index in [2.05, 4.69) is 60.4 Å².